The van der Waals surface area contributed by atoms with Gasteiger partial charge in [0.15, 0.2) is 6.04 Å². The number of carboxylic acids is 1. The van der Waals surface area contributed by atoms with Gasteiger partial charge in [-0.25, -0.2) is 4.79 Å². The number of rotatable bonds is 7. The quantitative estimate of drug-likeness (QED) is 0.823. The van der Waals surface area contributed by atoms with Crippen LogP contribution >= 0.6 is 0 Å². The zero-order valence-electron chi connectivity index (χ0n) is 12.8. The summed E-state index contributed by atoms with van der Waals surface area (Å²) in [5.74, 6) is -1.57. The van der Waals surface area contributed by atoms with Crippen LogP contribution in [0, 0.1) is 0 Å². The molecule has 2 aromatic rings. The standard InChI is InChI=1S/C18H19NO4/c1-13(23-12-14-8-4-2-5-9-14)16(18(21)22)19-17(20)15-10-6-3-7-11-15/h2-11,13,16H,12H2,1H3,(H,19,20)(H,21,22)/t13-,16+/m1/s1. The van der Waals surface area contributed by atoms with E-state index >= 15 is 0 Å². The van der Waals surface area contributed by atoms with E-state index in [1.807, 2.05) is 30.3 Å². The molecule has 2 rings (SSSR count). The van der Waals surface area contributed by atoms with Crippen molar-refractivity contribution >= 4 is 11.9 Å². The number of carbonyl (C=O) groups is 2. The van der Waals surface area contributed by atoms with Crippen molar-refractivity contribution in [3.05, 3.63) is 71.8 Å². The molecule has 0 saturated heterocycles. The summed E-state index contributed by atoms with van der Waals surface area (Å²) in [7, 11) is 0. The molecule has 120 valence electrons. The predicted molar refractivity (Wildman–Crippen MR) is 86.0 cm³/mol. The first-order chi connectivity index (χ1) is 11.1. The zero-order valence-corrected chi connectivity index (χ0v) is 12.8. The lowest BCUT2D eigenvalue weighted by Crippen LogP contribution is -2.48. The van der Waals surface area contributed by atoms with E-state index in [1.54, 1.807) is 37.3 Å². The van der Waals surface area contributed by atoms with E-state index in [9.17, 15) is 14.7 Å². The van der Waals surface area contributed by atoms with Crippen molar-refractivity contribution in [2.24, 2.45) is 0 Å². The summed E-state index contributed by atoms with van der Waals surface area (Å²) in [4.78, 5) is 23.5. The Morgan fingerprint density at radius 3 is 2.17 bits per heavy atom. The van der Waals surface area contributed by atoms with Crippen molar-refractivity contribution < 1.29 is 19.4 Å². The van der Waals surface area contributed by atoms with Gasteiger partial charge in [-0.2, -0.15) is 0 Å². The molecule has 0 radical (unpaired) electrons. The maximum atomic E-state index is 12.1. The molecular formula is C18H19NO4. The monoisotopic (exact) mass is 313 g/mol. The number of carbonyl (C=O) groups excluding carboxylic acids is 1. The summed E-state index contributed by atoms with van der Waals surface area (Å²) in [6.07, 6.45) is -0.666. The van der Waals surface area contributed by atoms with Gasteiger partial charge in [0.25, 0.3) is 5.91 Å². The highest BCUT2D eigenvalue weighted by atomic mass is 16.5. The van der Waals surface area contributed by atoms with Crippen LogP contribution in [0.2, 0.25) is 0 Å². The number of hydrogen-bond donors (Lipinski definition) is 2. The Hall–Kier alpha value is -2.66. The minimum Gasteiger partial charge on any atom is -0.480 e. The molecular weight excluding hydrogens is 294 g/mol. The average molecular weight is 313 g/mol. The molecule has 0 heterocycles. The lowest BCUT2D eigenvalue weighted by atomic mass is 10.1. The van der Waals surface area contributed by atoms with Gasteiger partial charge >= 0.3 is 5.97 Å². The molecule has 0 aliphatic rings. The maximum Gasteiger partial charge on any atom is 0.328 e. The summed E-state index contributed by atoms with van der Waals surface area (Å²) < 4.78 is 5.59. The molecule has 0 fully saturated rings. The molecule has 0 spiro atoms. The summed E-state index contributed by atoms with van der Waals surface area (Å²) in [5, 5.41) is 11.8. The molecule has 2 N–H and O–H groups in total. The third-order valence-corrected chi connectivity index (χ3v) is 3.41. The van der Waals surface area contributed by atoms with E-state index in [-0.39, 0.29) is 6.61 Å². The Morgan fingerprint density at radius 1 is 1.04 bits per heavy atom. The number of amides is 1. The van der Waals surface area contributed by atoms with Gasteiger partial charge in [-0.3, -0.25) is 4.79 Å². The second-order valence-electron chi connectivity index (χ2n) is 5.16. The number of hydrogen-bond acceptors (Lipinski definition) is 3. The fourth-order valence-corrected chi connectivity index (χ4v) is 2.09. The topological polar surface area (TPSA) is 75.6 Å². The fraction of sp³-hybridized carbons (Fsp3) is 0.222. The van der Waals surface area contributed by atoms with E-state index in [0.29, 0.717) is 5.56 Å². The normalized spacial score (nSPS) is 13.1. The summed E-state index contributed by atoms with van der Waals surface area (Å²) in [6.45, 7) is 1.92. The summed E-state index contributed by atoms with van der Waals surface area (Å²) in [5.41, 5.74) is 1.35. The van der Waals surface area contributed by atoms with Crippen molar-refractivity contribution in [2.75, 3.05) is 0 Å². The van der Waals surface area contributed by atoms with Crippen molar-refractivity contribution in [2.45, 2.75) is 25.7 Å². The van der Waals surface area contributed by atoms with Crippen LogP contribution in [0.4, 0.5) is 0 Å². The lowest BCUT2D eigenvalue weighted by Gasteiger charge is -2.22. The van der Waals surface area contributed by atoms with Gasteiger partial charge < -0.3 is 15.2 Å². The Morgan fingerprint density at radius 2 is 1.61 bits per heavy atom. The van der Waals surface area contributed by atoms with Crippen LogP contribution in [0.25, 0.3) is 0 Å². The molecule has 0 unspecified atom stereocenters. The fourth-order valence-electron chi connectivity index (χ4n) is 2.09. The van der Waals surface area contributed by atoms with Crippen molar-refractivity contribution in [3.63, 3.8) is 0 Å². The Kier molecular flexibility index (Phi) is 5.88. The van der Waals surface area contributed by atoms with Gasteiger partial charge in [0.1, 0.15) is 0 Å². The van der Waals surface area contributed by atoms with Gasteiger partial charge in [-0.05, 0) is 24.6 Å². The van der Waals surface area contributed by atoms with Gasteiger partial charge in [-0.15, -0.1) is 0 Å². The highest BCUT2D eigenvalue weighted by molar-refractivity contribution is 5.96. The minimum absolute atomic E-state index is 0.285. The number of nitrogens with one attached hydrogen (secondary N) is 1. The Balaban J connectivity index is 1.97. The Bertz CT molecular complexity index is 643. The highest BCUT2D eigenvalue weighted by Gasteiger charge is 2.27. The molecule has 2 aromatic carbocycles. The molecule has 0 aromatic heterocycles. The second kappa shape index (κ2) is 8.10. The number of carboxylic acid groups (broad SMARTS) is 1. The van der Waals surface area contributed by atoms with Gasteiger partial charge in [0.2, 0.25) is 0 Å². The zero-order chi connectivity index (χ0) is 16.7. The molecule has 2 atom stereocenters. The molecule has 0 saturated carbocycles. The summed E-state index contributed by atoms with van der Waals surface area (Å²) >= 11 is 0. The first kappa shape index (κ1) is 16.7. The van der Waals surface area contributed by atoms with Crippen LogP contribution < -0.4 is 5.32 Å². The van der Waals surface area contributed by atoms with E-state index in [1.165, 1.54) is 0 Å². The van der Waals surface area contributed by atoms with E-state index in [0.717, 1.165) is 5.56 Å². The highest BCUT2D eigenvalue weighted by Crippen LogP contribution is 2.08. The minimum atomic E-state index is -1.13. The molecule has 0 aliphatic heterocycles. The van der Waals surface area contributed by atoms with Crippen molar-refractivity contribution in [1.29, 1.82) is 0 Å². The van der Waals surface area contributed by atoms with Crippen molar-refractivity contribution in [3.8, 4) is 0 Å². The van der Waals surface area contributed by atoms with Crippen LogP contribution in [-0.4, -0.2) is 29.1 Å². The molecule has 0 bridgehead atoms. The number of aliphatic carboxylic acids is 1. The second-order valence-corrected chi connectivity index (χ2v) is 5.16. The van der Waals surface area contributed by atoms with E-state index in [4.69, 9.17) is 4.74 Å². The number of ether oxygens (including phenoxy) is 1. The Labute approximate surface area is 134 Å². The van der Waals surface area contributed by atoms with Crippen molar-refractivity contribution in [1.82, 2.24) is 5.32 Å². The SMILES string of the molecule is C[C@@H](OCc1ccccc1)[C@H](NC(=O)c1ccccc1)C(=O)O. The van der Waals surface area contributed by atoms with Gasteiger partial charge in [-0.1, -0.05) is 48.5 Å². The third kappa shape index (κ3) is 4.93. The lowest BCUT2D eigenvalue weighted by molar-refractivity contribution is -0.143. The van der Waals surface area contributed by atoms with Gasteiger partial charge in [0, 0.05) is 5.56 Å². The predicted octanol–water partition coefficient (Wildman–Crippen LogP) is 2.47. The number of benzene rings is 2. The third-order valence-electron chi connectivity index (χ3n) is 3.41. The first-order valence-corrected chi connectivity index (χ1v) is 7.32. The molecule has 1 amide bonds. The smallest absolute Gasteiger partial charge is 0.328 e. The largest absolute Gasteiger partial charge is 0.480 e. The summed E-state index contributed by atoms with van der Waals surface area (Å²) in [6, 6.07) is 16.8. The van der Waals surface area contributed by atoms with Crippen LogP contribution in [0.15, 0.2) is 60.7 Å². The molecule has 0 aliphatic carbocycles. The van der Waals surface area contributed by atoms with E-state index < -0.39 is 24.0 Å². The van der Waals surface area contributed by atoms with Crippen LogP contribution in [0.1, 0.15) is 22.8 Å². The van der Waals surface area contributed by atoms with Crippen LogP contribution in [0.5, 0.6) is 0 Å². The van der Waals surface area contributed by atoms with Crippen LogP contribution in [-0.2, 0) is 16.1 Å². The van der Waals surface area contributed by atoms with Crippen LogP contribution in [0.3, 0.4) is 0 Å². The van der Waals surface area contributed by atoms with Gasteiger partial charge in [0.05, 0.1) is 12.7 Å². The first-order valence-electron chi connectivity index (χ1n) is 7.32. The van der Waals surface area contributed by atoms with E-state index in [2.05, 4.69) is 5.32 Å². The maximum absolute atomic E-state index is 12.1. The average Bonchev–Trinajstić information content (AvgIpc) is 2.58. The molecule has 5 heteroatoms. The molecule has 5 nitrogen and oxygen atoms in total. The molecule has 23 heavy (non-hydrogen) atoms.